The summed E-state index contributed by atoms with van der Waals surface area (Å²) >= 11 is 0. The number of aldehydes is 1. The molecule has 5 nitrogen and oxygen atoms in total. The Kier molecular flexibility index (Phi) is 3.69. The van der Waals surface area contributed by atoms with Crippen molar-refractivity contribution in [3.8, 4) is 0 Å². The summed E-state index contributed by atoms with van der Waals surface area (Å²) in [4.78, 5) is 30.6. The lowest BCUT2D eigenvalue weighted by molar-refractivity contribution is -0.145. The van der Waals surface area contributed by atoms with Crippen LogP contribution in [-0.4, -0.2) is 23.9 Å². The zero-order chi connectivity index (χ0) is 9.78. The second kappa shape index (κ2) is 4.06. The van der Waals surface area contributed by atoms with Crippen molar-refractivity contribution in [3.63, 3.8) is 0 Å². The van der Waals surface area contributed by atoms with Gasteiger partial charge in [-0.3, -0.25) is 9.59 Å². The predicted molar refractivity (Wildman–Crippen MR) is 41.5 cm³/mol. The normalized spacial score (nSPS) is 13.6. The van der Waals surface area contributed by atoms with E-state index in [-0.39, 0.29) is 6.29 Å². The van der Waals surface area contributed by atoms with Crippen LogP contribution in [0.5, 0.6) is 0 Å². The van der Waals surface area contributed by atoms with E-state index in [1.54, 1.807) is 20.8 Å². The molecule has 0 radical (unpaired) electrons. The molecule has 0 bridgehead atoms. The van der Waals surface area contributed by atoms with Crippen LogP contribution in [0, 0.1) is 4.91 Å². The van der Waals surface area contributed by atoms with Crippen LogP contribution in [0.2, 0.25) is 0 Å². The van der Waals surface area contributed by atoms with E-state index in [9.17, 15) is 14.5 Å². The summed E-state index contributed by atoms with van der Waals surface area (Å²) in [5, 5.41) is 2.10. The molecule has 0 aromatic rings. The third-order valence-corrected chi connectivity index (χ3v) is 0.937. The van der Waals surface area contributed by atoms with Gasteiger partial charge < -0.3 is 4.74 Å². The van der Waals surface area contributed by atoms with E-state index < -0.39 is 17.6 Å². The number of nitroso groups, excluding NO2 is 1. The van der Waals surface area contributed by atoms with Crippen molar-refractivity contribution in [1.29, 1.82) is 0 Å². The molecule has 0 rings (SSSR count). The van der Waals surface area contributed by atoms with Gasteiger partial charge in [0, 0.05) is 5.18 Å². The van der Waals surface area contributed by atoms with E-state index in [1.807, 2.05) is 0 Å². The molecular formula is C7H11NO4. The van der Waals surface area contributed by atoms with Crippen LogP contribution in [0.15, 0.2) is 5.18 Å². The first-order chi connectivity index (χ1) is 5.40. The zero-order valence-electron chi connectivity index (χ0n) is 7.23. The molecule has 0 saturated carbocycles. The summed E-state index contributed by atoms with van der Waals surface area (Å²) in [5.74, 6) is -1.10. The lowest BCUT2D eigenvalue weighted by Gasteiger charge is -2.21. The fourth-order valence-corrected chi connectivity index (χ4v) is 0.569. The second-order valence-electron chi connectivity index (χ2n) is 3.22. The van der Waals surface area contributed by atoms with Crippen LogP contribution in [0.25, 0.3) is 0 Å². The van der Waals surface area contributed by atoms with Crippen molar-refractivity contribution in [2.24, 2.45) is 5.18 Å². The van der Waals surface area contributed by atoms with Gasteiger partial charge in [0.15, 0.2) is 12.4 Å². The van der Waals surface area contributed by atoms with Crippen LogP contribution in [0.1, 0.15) is 20.8 Å². The van der Waals surface area contributed by atoms with Crippen molar-refractivity contribution in [1.82, 2.24) is 0 Å². The molecule has 0 saturated heterocycles. The van der Waals surface area contributed by atoms with Gasteiger partial charge >= 0.3 is 5.91 Å². The maximum absolute atomic E-state index is 10.6. The standard InChI is InChI=1S/C7H11NO4/c1-7(2,3)12-5(4-9)6(10)8-11/h4-5H,1-3H3. The Morgan fingerprint density at radius 3 is 2.25 bits per heavy atom. The molecule has 5 heteroatoms. The monoisotopic (exact) mass is 173 g/mol. The van der Waals surface area contributed by atoms with Gasteiger partial charge in [-0.15, -0.1) is 4.91 Å². The first kappa shape index (κ1) is 10.9. The number of carbonyl (C=O) groups is 2. The largest absolute Gasteiger partial charge is 0.355 e. The highest BCUT2D eigenvalue weighted by molar-refractivity contribution is 5.95. The summed E-state index contributed by atoms with van der Waals surface area (Å²) in [6.45, 7) is 5.00. The minimum atomic E-state index is -1.37. The van der Waals surface area contributed by atoms with Crippen molar-refractivity contribution >= 4 is 12.2 Å². The average Bonchev–Trinajstić information content (AvgIpc) is 1.97. The predicted octanol–water partition coefficient (Wildman–Crippen LogP) is 0.662. The fourth-order valence-electron chi connectivity index (χ4n) is 0.569. The molecule has 0 aromatic carbocycles. The lowest BCUT2D eigenvalue weighted by atomic mass is 10.2. The quantitative estimate of drug-likeness (QED) is 0.357. The number of amides is 1. The molecule has 0 heterocycles. The summed E-state index contributed by atoms with van der Waals surface area (Å²) < 4.78 is 4.93. The van der Waals surface area contributed by atoms with Gasteiger partial charge in [0.05, 0.1) is 5.60 Å². The van der Waals surface area contributed by atoms with E-state index in [4.69, 9.17) is 4.74 Å². The molecule has 1 atom stereocenters. The first-order valence-electron chi connectivity index (χ1n) is 3.41. The minimum Gasteiger partial charge on any atom is -0.355 e. The molecule has 0 N–H and O–H groups in total. The number of rotatable bonds is 3. The number of carbonyl (C=O) groups excluding carboxylic acids is 2. The maximum atomic E-state index is 10.6. The van der Waals surface area contributed by atoms with Crippen LogP contribution in [0.3, 0.4) is 0 Å². The molecule has 0 aliphatic carbocycles. The molecule has 0 aromatic heterocycles. The highest BCUT2D eigenvalue weighted by Gasteiger charge is 2.25. The summed E-state index contributed by atoms with van der Waals surface area (Å²) in [6, 6.07) is 0. The van der Waals surface area contributed by atoms with E-state index >= 15 is 0 Å². The number of ether oxygens (including phenoxy) is 1. The Morgan fingerprint density at radius 2 is 2.00 bits per heavy atom. The molecule has 0 aliphatic heterocycles. The summed E-state index contributed by atoms with van der Waals surface area (Å²) in [5.41, 5.74) is -0.647. The van der Waals surface area contributed by atoms with Crippen LogP contribution < -0.4 is 0 Å². The smallest absolute Gasteiger partial charge is 0.322 e. The zero-order valence-corrected chi connectivity index (χ0v) is 7.23. The van der Waals surface area contributed by atoms with E-state index in [1.165, 1.54) is 0 Å². The number of hydrogen-bond donors (Lipinski definition) is 0. The fraction of sp³-hybridized carbons (Fsp3) is 0.714. The highest BCUT2D eigenvalue weighted by atomic mass is 16.5. The average molecular weight is 173 g/mol. The SMILES string of the molecule is CC(C)(C)OC(C=O)C(=O)N=O. The van der Waals surface area contributed by atoms with Gasteiger partial charge in [0.2, 0.25) is 0 Å². The van der Waals surface area contributed by atoms with Crippen LogP contribution in [0.4, 0.5) is 0 Å². The Balaban J connectivity index is 4.28. The van der Waals surface area contributed by atoms with Gasteiger partial charge in [0.25, 0.3) is 0 Å². The second-order valence-corrected chi connectivity index (χ2v) is 3.22. The van der Waals surface area contributed by atoms with E-state index in [0.717, 1.165) is 0 Å². The van der Waals surface area contributed by atoms with Crippen LogP contribution in [-0.2, 0) is 14.3 Å². The van der Waals surface area contributed by atoms with Crippen molar-refractivity contribution in [2.45, 2.75) is 32.5 Å². The molecular weight excluding hydrogens is 162 g/mol. The van der Waals surface area contributed by atoms with Gasteiger partial charge in [-0.05, 0) is 20.8 Å². The van der Waals surface area contributed by atoms with Gasteiger partial charge in [-0.1, -0.05) is 0 Å². The Morgan fingerprint density at radius 1 is 1.50 bits per heavy atom. The van der Waals surface area contributed by atoms with Gasteiger partial charge in [-0.25, -0.2) is 0 Å². The Bertz CT molecular complexity index is 194. The Hall–Kier alpha value is -1.10. The number of nitrogens with zero attached hydrogens (tertiary/aromatic N) is 1. The topological polar surface area (TPSA) is 72.8 Å². The van der Waals surface area contributed by atoms with E-state index in [0.29, 0.717) is 0 Å². The van der Waals surface area contributed by atoms with Crippen molar-refractivity contribution < 1.29 is 14.3 Å². The highest BCUT2D eigenvalue weighted by Crippen LogP contribution is 2.10. The van der Waals surface area contributed by atoms with Crippen LogP contribution >= 0.6 is 0 Å². The lowest BCUT2D eigenvalue weighted by Crippen LogP contribution is -2.33. The van der Waals surface area contributed by atoms with Crippen molar-refractivity contribution in [2.75, 3.05) is 0 Å². The third-order valence-electron chi connectivity index (χ3n) is 0.937. The molecule has 0 aliphatic rings. The summed E-state index contributed by atoms with van der Waals surface area (Å²) in [6.07, 6.45) is -1.11. The Labute approximate surface area is 70.1 Å². The van der Waals surface area contributed by atoms with E-state index in [2.05, 4.69) is 5.18 Å². The molecule has 1 amide bonds. The molecule has 12 heavy (non-hydrogen) atoms. The summed E-state index contributed by atoms with van der Waals surface area (Å²) in [7, 11) is 0. The van der Waals surface area contributed by atoms with Gasteiger partial charge in [-0.2, -0.15) is 0 Å². The minimum absolute atomic E-state index is 0.259. The number of hydrogen-bond acceptors (Lipinski definition) is 4. The first-order valence-corrected chi connectivity index (χ1v) is 3.41. The molecule has 1 unspecified atom stereocenters. The molecule has 0 spiro atoms. The van der Waals surface area contributed by atoms with Crippen molar-refractivity contribution in [3.05, 3.63) is 4.91 Å². The van der Waals surface area contributed by atoms with Gasteiger partial charge in [0.1, 0.15) is 0 Å². The third kappa shape index (κ3) is 3.92. The molecule has 0 fully saturated rings. The maximum Gasteiger partial charge on any atom is 0.322 e. The molecule has 68 valence electrons.